The second kappa shape index (κ2) is 8.24. The molecule has 6 nitrogen and oxygen atoms in total. The molecule has 0 amide bonds. The van der Waals surface area contributed by atoms with E-state index < -0.39 is 10.9 Å². The summed E-state index contributed by atoms with van der Waals surface area (Å²) < 4.78 is 10.9. The topological polar surface area (TPSA) is 82.0 Å². The number of unbranched alkanes of at least 4 members (excludes halogenated alkanes) is 4. The van der Waals surface area contributed by atoms with Gasteiger partial charge in [0.05, 0.1) is 16.1 Å². The molecule has 1 saturated heterocycles. The lowest BCUT2D eigenvalue weighted by atomic mass is 9.99. The molecule has 1 aromatic carbocycles. The summed E-state index contributed by atoms with van der Waals surface area (Å²) in [5.41, 5.74) is 0.0809. The van der Waals surface area contributed by atoms with Crippen molar-refractivity contribution in [3.8, 4) is 0 Å². The van der Waals surface area contributed by atoms with Crippen molar-refractivity contribution in [2.75, 3.05) is 6.61 Å². The number of carbonyl (C=O) groups is 1. The maximum atomic E-state index is 12.0. The first-order valence-corrected chi connectivity index (χ1v) is 8.55. The highest BCUT2D eigenvalue weighted by Crippen LogP contribution is 2.41. The fourth-order valence-electron chi connectivity index (χ4n) is 2.75. The van der Waals surface area contributed by atoms with Gasteiger partial charge in [0.2, 0.25) is 0 Å². The number of hydrogen-bond acceptors (Lipinski definition) is 5. The Balaban J connectivity index is 1.70. The molecule has 0 aliphatic carbocycles. The quantitative estimate of drug-likeness (QED) is 0.210. The van der Waals surface area contributed by atoms with E-state index in [4.69, 9.17) is 9.47 Å². The van der Waals surface area contributed by atoms with E-state index in [0.29, 0.717) is 5.56 Å². The number of nitrogens with zero attached hydrogens (tertiary/aromatic N) is 1. The third-order valence-electron chi connectivity index (χ3n) is 4.49. The van der Waals surface area contributed by atoms with Crippen LogP contribution in [0.1, 0.15) is 62.7 Å². The van der Waals surface area contributed by atoms with E-state index in [1.54, 1.807) is 0 Å². The summed E-state index contributed by atoms with van der Waals surface area (Å²) in [4.78, 5) is 22.0. The number of hydrogen-bond donors (Lipinski definition) is 0. The minimum atomic E-state index is -0.501. The van der Waals surface area contributed by atoms with Crippen molar-refractivity contribution in [2.45, 2.75) is 64.1 Å². The lowest BCUT2D eigenvalue weighted by Crippen LogP contribution is -2.17. The molecule has 0 saturated carbocycles. The van der Waals surface area contributed by atoms with E-state index in [-0.39, 0.29) is 24.0 Å². The highest BCUT2D eigenvalue weighted by atomic mass is 16.6. The number of rotatable bonds is 10. The van der Waals surface area contributed by atoms with Gasteiger partial charge in [0.15, 0.2) is 0 Å². The predicted molar refractivity (Wildman–Crippen MR) is 90.0 cm³/mol. The zero-order valence-corrected chi connectivity index (χ0v) is 14.3. The van der Waals surface area contributed by atoms with Crippen LogP contribution in [-0.4, -0.2) is 29.2 Å². The Morgan fingerprint density at radius 3 is 2.54 bits per heavy atom. The highest BCUT2D eigenvalue weighted by Gasteiger charge is 2.52. The summed E-state index contributed by atoms with van der Waals surface area (Å²) in [6, 6.07) is 5.40. The maximum Gasteiger partial charge on any atom is 0.338 e. The average Bonchev–Trinajstić information content (AvgIpc) is 3.23. The Morgan fingerprint density at radius 1 is 1.25 bits per heavy atom. The van der Waals surface area contributed by atoms with Crippen LogP contribution in [0.4, 0.5) is 5.69 Å². The molecule has 2 rings (SSSR count). The fraction of sp³-hybridized carbons (Fsp3) is 0.611. The standard InChI is InChI=1S/C18H25NO5/c1-3-4-5-6-7-12-18(2)16(24-18)13-23-17(20)14-8-10-15(11-9-14)19(21)22/h8-11,16H,3-7,12-13H2,1-2H3/t16-,18+/m0/s1. The van der Waals surface area contributed by atoms with E-state index in [0.717, 1.165) is 12.8 Å². The molecular formula is C18H25NO5. The van der Waals surface area contributed by atoms with Gasteiger partial charge >= 0.3 is 5.97 Å². The van der Waals surface area contributed by atoms with Gasteiger partial charge in [-0.1, -0.05) is 39.0 Å². The van der Waals surface area contributed by atoms with Crippen LogP contribution >= 0.6 is 0 Å². The molecule has 1 aromatic rings. The van der Waals surface area contributed by atoms with Crippen molar-refractivity contribution in [3.05, 3.63) is 39.9 Å². The van der Waals surface area contributed by atoms with Gasteiger partial charge in [0.1, 0.15) is 12.7 Å². The Hall–Kier alpha value is -1.95. The van der Waals surface area contributed by atoms with E-state index in [2.05, 4.69) is 13.8 Å². The minimum absolute atomic E-state index is 0.0484. The summed E-state index contributed by atoms with van der Waals surface area (Å²) in [5.74, 6) is -0.481. The van der Waals surface area contributed by atoms with E-state index in [9.17, 15) is 14.9 Å². The second-order valence-corrected chi connectivity index (χ2v) is 6.49. The number of benzene rings is 1. The van der Waals surface area contributed by atoms with Crippen LogP contribution in [0.25, 0.3) is 0 Å². The normalized spacial score (nSPS) is 22.2. The van der Waals surface area contributed by atoms with Crippen molar-refractivity contribution in [1.82, 2.24) is 0 Å². The number of carbonyl (C=O) groups excluding carboxylic acids is 1. The van der Waals surface area contributed by atoms with Crippen molar-refractivity contribution in [3.63, 3.8) is 0 Å². The first-order valence-electron chi connectivity index (χ1n) is 8.55. The molecule has 1 aliphatic rings. The predicted octanol–water partition coefficient (Wildman–Crippen LogP) is 4.27. The van der Waals surface area contributed by atoms with Crippen LogP contribution < -0.4 is 0 Å². The molecule has 0 aromatic heterocycles. The Labute approximate surface area is 142 Å². The Morgan fingerprint density at radius 2 is 1.92 bits per heavy atom. The maximum absolute atomic E-state index is 12.0. The van der Waals surface area contributed by atoms with Crippen molar-refractivity contribution in [1.29, 1.82) is 0 Å². The summed E-state index contributed by atoms with van der Waals surface area (Å²) in [6.45, 7) is 4.47. The SMILES string of the molecule is CCCCCCC[C@@]1(C)O[C@H]1COC(=O)c1ccc([N+](=O)[O-])cc1. The summed E-state index contributed by atoms with van der Waals surface area (Å²) in [5, 5.41) is 10.6. The second-order valence-electron chi connectivity index (χ2n) is 6.49. The van der Waals surface area contributed by atoms with Crippen molar-refractivity contribution in [2.24, 2.45) is 0 Å². The number of nitro benzene ring substituents is 1. The summed E-state index contributed by atoms with van der Waals surface area (Å²) in [6.07, 6.45) is 7.03. The van der Waals surface area contributed by atoms with E-state index in [1.165, 1.54) is 49.9 Å². The zero-order chi connectivity index (χ0) is 17.6. The summed E-state index contributed by atoms with van der Waals surface area (Å²) >= 11 is 0. The third-order valence-corrected chi connectivity index (χ3v) is 4.49. The molecule has 24 heavy (non-hydrogen) atoms. The Kier molecular flexibility index (Phi) is 6.31. The van der Waals surface area contributed by atoms with Gasteiger partial charge in [-0.25, -0.2) is 4.79 Å². The minimum Gasteiger partial charge on any atom is -0.459 e. The van der Waals surface area contributed by atoms with Crippen LogP contribution in [0.2, 0.25) is 0 Å². The van der Waals surface area contributed by atoms with Gasteiger partial charge in [0, 0.05) is 12.1 Å². The number of esters is 1. The lowest BCUT2D eigenvalue weighted by Gasteiger charge is -2.07. The molecule has 0 unspecified atom stereocenters. The monoisotopic (exact) mass is 335 g/mol. The first-order chi connectivity index (χ1) is 11.5. The smallest absolute Gasteiger partial charge is 0.338 e. The van der Waals surface area contributed by atoms with Crippen LogP contribution in [-0.2, 0) is 9.47 Å². The average molecular weight is 335 g/mol. The van der Waals surface area contributed by atoms with Gasteiger partial charge in [-0.3, -0.25) is 10.1 Å². The molecule has 132 valence electrons. The fourth-order valence-corrected chi connectivity index (χ4v) is 2.75. The van der Waals surface area contributed by atoms with Crippen LogP contribution in [0.3, 0.4) is 0 Å². The third kappa shape index (κ3) is 5.03. The van der Waals surface area contributed by atoms with E-state index >= 15 is 0 Å². The number of epoxide rings is 1. The number of ether oxygens (including phenoxy) is 2. The Bertz CT molecular complexity index is 571. The number of nitro groups is 1. The molecule has 0 N–H and O–H groups in total. The molecule has 0 spiro atoms. The molecule has 2 atom stereocenters. The van der Waals surface area contributed by atoms with Crippen molar-refractivity contribution >= 4 is 11.7 Å². The van der Waals surface area contributed by atoms with Crippen molar-refractivity contribution < 1.29 is 19.2 Å². The van der Waals surface area contributed by atoms with Crippen LogP contribution in [0, 0.1) is 10.1 Å². The largest absolute Gasteiger partial charge is 0.459 e. The molecule has 0 radical (unpaired) electrons. The van der Waals surface area contributed by atoms with Crippen LogP contribution in [0.15, 0.2) is 24.3 Å². The van der Waals surface area contributed by atoms with Crippen LogP contribution in [0.5, 0.6) is 0 Å². The van der Waals surface area contributed by atoms with Gasteiger partial charge in [-0.2, -0.15) is 0 Å². The molecule has 1 aliphatic heterocycles. The molecule has 6 heteroatoms. The van der Waals surface area contributed by atoms with Gasteiger partial charge in [0.25, 0.3) is 5.69 Å². The lowest BCUT2D eigenvalue weighted by molar-refractivity contribution is -0.384. The molecule has 1 heterocycles. The zero-order valence-electron chi connectivity index (χ0n) is 14.3. The summed E-state index contributed by atoms with van der Waals surface area (Å²) in [7, 11) is 0. The number of non-ortho nitro benzene ring substituents is 1. The molecular weight excluding hydrogens is 310 g/mol. The highest BCUT2D eigenvalue weighted by molar-refractivity contribution is 5.89. The molecule has 0 bridgehead atoms. The first kappa shape index (κ1) is 18.4. The van der Waals surface area contributed by atoms with Gasteiger partial charge in [-0.05, 0) is 25.5 Å². The molecule has 1 fully saturated rings. The van der Waals surface area contributed by atoms with E-state index in [1.807, 2.05) is 0 Å². The van der Waals surface area contributed by atoms with Gasteiger partial charge < -0.3 is 9.47 Å². The van der Waals surface area contributed by atoms with Gasteiger partial charge in [-0.15, -0.1) is 0 Å².